The summed E-state index contributed by atoms with van der Waals surface area (Å²) in [5, 5.41) is 21.8. The number of esters is 1. The zero-order valence-corrected chi connectivity index (χ0v) is 20.9. The van der Waals surface area contributed by atoms with Crippen molar-refractivity contribution in [3.8, 4) is 17.1 Å². The Kier molecular flexibility index (Phi) is 6.65. The zero-order valence-electron chi connectivity index (χ0n) is 20.9. The lowest BCUT2D eigenvalue weighted by molar-refractivity contribution is 0.0601. The SMILES string of the molecule is COC(=O)c1cccc(-c2nnn(-c3ccc(CCNC(C)c4ccc5c(cnn5C)c4)cc3N)n2)c1. The van der Waals surface area contributed by atoms with Crippen LogP contribution in [0.1, 0.15) is 34.5 Å². The summed E-state index contributed by atoms with van der Waals surface area (Å²) in [5.41, 5.74) is 12.1. The summed E-state index contributed by atoms with van der Waals surface area (Å²) in [6, 6.07) is 19.4. The summed E-state index contributed by atoms with van der Waals surface area (Å²) in [5.74, 6) is -0.0376. The molecule has 0 aliphatic carbocycles. The van der Waals surface area contributed by atoms with Gasteiger partial charge in [0.2, 0.25) is 5.82 Å². The van der Waals surface area contributed by atoms with Crippen LogP contribution in [0, 0.1) is 0 Å². The fourth-order valence-corrected chi connectivity index (χ4v) is 4.28. The number of anilines is 1. The molecule has 10 nitrogen and oxygen atoms in total. The van der Waals surface area contributed by atoms with Gasteiger partial charge >= 0.3 is 5.97 Å². The third-order valence-corrected chi connectivity index (χ3v) is 6.40. The predicted molar refractivity (Wildman–Crippen MR) is 141 cm³/mol. The van der Waals surface area contributed by atoms with Crippen LogP contribution in [0.25, 0.3) is 28.0 Å². The lowest BCUT2D eigenvalue weighted by atomic mass is 10.1. The lowest BCUT2D eigenvalue weighted by Gasteiger charge is -2.15. The summed E-state index contributed by atoms with van der Waals surface area (Å²) >= 11 is 0. The van der Waals surface area contributed by atoms with Crippen molar-refractivity contribution >= 4 is 22.6 Å². The highest BCUT2D eigenvalue weighted by Gasteiger charge is 2.13. The highest BCUT2D eigenvalue weighted by atomic mass is 16.5. The number of rotatable bonds is 8. The van der Waals surface area contributed by atoms with Gasteiger partial charge in [-0.2, -0.15) is 5.10 Å². The van der Waals surface area contributed by atoms with Crippen LogP contribution in [-0.2, 0) is 18.2 Å². The van der Waals surface area contributed by atoms with E-state index in [4.69, 9.17) is 10.5 Å². The number of ether oxygens (including phenoxy) is 1. The average molecular weight is 497 g/mol. The summed E-state index contributed by atoms with van der Waals surface area (Å²) in [6.07, 6.45) is 2.71. The molecule has 3 N–H and O–H groups in total. The fourth-order valence-electron chi connectivity index (χ4n) is 4.28. The number of fused-ring (bicyclic) bond motifs is 1. The number of methoxy groups -OCH3 is 1. The Bertz CT molecular complexity index is 1570. The second-order valence-electron chi connectivity index (χ2n) is 8.88. The van der Waals surface area contributed by atoms with Gasteiger partial charge in [-0.25, -0.2) is 4.79 Å². The normalized spacial score (nSPS) is 12.1. The van der Waals surface area contributed by atoms with Gasteiger partial charge < -0.3 is 15.8 Å². The number of carbonyl (C=O) groups excluding carboxylic acids is 1. The third kappa shape index (κ3) is 5.05. The van der Waals surface area contributed by atoms with E-state index in [2.05, 4.69) is 50.9 Å². The Morgan fingerprint density at radius 3 is 2.81 bits per heavy atom. The first-order valence-electron chi connectivity index (χ1n) is 12.0. The predicted octanol–water partition coefficient (Wildman–Crippen LogP) is 3.48. The number of aromatic nitrogens is 6. The van der Waals surface area contributed by atoms with E-state index in [9.17, 15) is 4.79 Å². The molecular formula is C27H28N8O2. The molecule has 10 heteroatoms. The number of hydrogen-bond acceptors (Lipinski definition) is 8. The molecule has 188 valence electrons. The van der Waals surface area contributed by atoms with E-state index in [1.807, 2.05) is 42.2 Å². The Morgan fingerprint density at radius 2 is 2.00 bits per heavy atom. The topological polar surface area (TPSA) is 126 Å². The van der Waals surface area contributed by atoms with Gasteiger partial charge in [-0.3, -0.25) is 4.68 Å². The van der Waals surface area contributed by atoms with Crippen LogP contribution in [0.3, 0.4) is 0 Å². The molecule has 0 spiro atoms. The molecule has 5 aromatic rings. The second-order valence-corrected chi connectivity index (χ2v) is 8.88. The van der Waals surface area contributed by atoms with Crippen molar-refractivity contribution in [2.24, 2.45) is 7.05 Å². The molecule has 0 aliphatic rings. The largest absolute Gasteiger partial charge is 0.465 e. The second kappa shape index (κ2) is 10.2. The van der Waals surface area contributed by atoms with Crippen LogP contribution >= 0.6 is 0 Å². The van der Waals surface area contributed by atoms with E-state index in [1.54, 1.807) is 18.2 Å². The van der Waals surface area contributed by atoms with Crippen molar-refractivity contribution in [3.63, 3.8) is 0 Å². The van der Waals surface area contributed by atoms with Gasteiger partial charge in [0.25, 0.3) is 0 Å². The van der Waals surface area contributed by atoms with Crippen LogP contribution in [0.2, 0.25) is 0 Å². The number of nitrogens with two attached hydrogens (primary N) is 1. The maximum absolute atomic E-state index is 11.8. The Morgan fingerprint density at radius 1 is 1.14 bits per heavy atom. The van der Waals surface area contributed by atoms with E-state index >= 15 is 0 Å². The van der Waals surface area contributed by atoms with Gasteiger partial charge in [0, 0.05) is 24.0 Å². The summed E-state index contributed by atoms with van der Waals surface area (Å²) in [6.45, 7) is 2.96. The van der Waals surface area contributed by atoms with Crippen LogP contribution in [0.15, 0.2) is 66.9 Å². The smallest absolute Gasteiger partial charge is 0.337 e. The summed E-state index contributed by atoms with van der Waals surface area (Å²) in [7, 11) is 3.29. The Hall–Kier alpha value is -4.57. The van der Waals surface area contributed by atoms with E-state index < -0.39 is 5.97 Å². The van der Waals surface area contributed by atoms with Crippen molar-refractivity contribution in [1.29, 1.82) is 0 Å². The first-order chi connectivity index (χ1) is 17.9. The molecule has 1 atom stereocenters. The molecule has 0 radical (unpaired) electrons. The maximum Gasteiger partial charge on any atom is 0.337 e. The number of nitrogens with zero attached hydrogens (tertiary/aromatic N) is 6. The van der Waals surface area contributed by atoms with E-state index in [0.29, 0.717) is 28.3 Å². The highest BCUT2D eigenvalue weighted by Crippen LogP contribution is 2.22. The molecule has 37 heavy (non-hydrogen) atoms. The molecule has 0 saturated heterocycles. The molecule has 3 aromatic carbocycles. The number of hydrogen-bond donors (Lipinski definition) is 2. The van der Waals surface area contributed by atoms with E-state index in [-0.39, 0.29) is 6.04 Å². The molecule has 0 aliphatic heterocycles. The van der Waals surface area contributed by atoms with E-state index in [0.717, 1.165) is 29.4 Å². The van der Waals surface area contributed by atoms with Crippen LogP contribution < -0.4 is 11.1 Å². The minimum Gasteiger partial charge on any atom is -0.465 e. The van der Waals surface area contributed by atoms with Gasteiger partial charge in [0.15, 0.2) is 0 Å². The number of carbonyl (C=O) groups is 1. The third-order valence-electron chi connectivity index (χ3n) is 6.40. The maximum atomic E-state index is 11.8. The highest BCUT2D eigenvalue weighted by molar-refractivity contribution is 5.90. The molecule has 2 aromatic heterocycles. The molecule has 1 unspecified atom stereocenters. The molecule has 0 saturated carbocycles. The number of nitrogens with one attached hydrogen (secondary N) is 1. The quantitative estimate of drug-likeness (QED) is 0.247. The van der Waals surface area contributed by atoms with E-state index in [1.165, 1.54) is 17.5 Å². The molecule has 2 heterocycles. The average Bonchev–Trinajstić information content (AvgIpc) is 3.55. The number of aryl methyl sites for hydroxylation is 1. The molecule has 0 bridgehead atoms. The molecule has 0 amide bonds. The fraction of sp³-hybridized carbons (Fsp3) is 0.222. The van der Waals surface area contributed by atoms with Crippen molar-refractivity contribution in [1.82, 2.24) is 35.3 Å². The molecule has 5 rings (SSSR count). The summed E-state index contributed by atoms with van der Waals surface area (Å²) in [4.78, 5) is 13.2. The van der Waals surface area contributed by atoms with Gasteiger partial charge in [-0.1, -0.05) is 24.3 Å². The zero-order chi connectivity index (χ0) is 25.9. The van der Waals surface area contributed by atoms with Gasteiger partial charge in [-0.15, -0.1) is 15.0 Å². The standard InChI is InChI=1S/C27H28N8O2/c1-17(19-8-10-24-22(14-19)16-30-34(24)2)29-12-11-18-7-9-25(23(28)13-18)35-32-26(31-33-35)20-5-4-6-21(15-20)27(36)37-3/h4-10,13-17,29H,11-12,28H2,1-3H3. The monoisotopic (exact) mass is 496 g/mol. The lowest BCUT2D eigenvalue weighted by Crippen LogP contribution is -2.21. The number of benzene rings is 3. The van der Waals surface area contributed by atoms with Crippen molar-refractivity contribution in [3.05, 3.63) is 83.6 Å². The molecule has 0 fully saturated rings. The van der Waals surface area contributed by atoms with Crippen molar-refractivity contribution in [2.45, 2.75) is 19.4 Å². The van der Waals surface area contributed by atoms with Crippen molar-refractivity contribution in [2.75, 3.05) is 19.4 Å². The molecular weight excluding hydrogens is 468 g/mol. The van der Waals surface area contributed by atoms with Crippen LogP contribution in [0.4, 0.5) is 5.69 Å². The first-order valence-corrected chi connectivity index (χ1v) is 12.0. The minimum absolute atomic E-state index is 0.205. The minimum atomic E-state index is -0.424. The number of nitrogen functional groups attached to an aromatic ring is 1. The summed E-state index contributed by atoms with van der Waals surface area (Å²) < 4.78 is 6.66. The Labute approximate surface area is 214 Å². The van der Waals surface area contributed by atoms with Crippen molar-refractivity contribution < 1.29 is 9.53 Å². The van der Waals surface area contributed by atoms with Gasteiger partial charge in [0.1, 0.15) is 5.69 Å². The van der Waals surface area contributed by atoms with Gasteiger partial charge in [0.05, 0.1) is 30.1 Å². The Balaban J connectivity index is 1.23. The van der Waals surface area contributed by atoms with Crippen LogP contribution in [0.5, 0.6) is 0 Å². The van der Waals surface area contributed by atoms with Crippen LogP contribution in [-0.4, -0.2) is 49.6 Å². The van der Waals surface area contributed by atoms with Gasteiger partial charge in [-0.05, 0) is 72.6 Å². The number of tetrazole rings is 1. The first kappa shape index (κ1) is 24.1.